The maximum absolute atomic E-state index is 14.4. The number of nitrogens with zero attached hydrogens (tertiary/aromatic N) is 1. The molecule has 0 saturated heterocycles. The van der Waals surface area contributed by atoms with Gasteiger partial charge >= 0.3 is 11.9 Å². The Morgan fingerprint density at radius 2 is 1.72 bits per heavy atom. The second-order valence-corrected chi connectivity index (χ2v) is 12.7. The van der Waals surface area contributed by atoms with Crippen molar-refractivity contribution < 1.29 is 37.0 Å². The number of benzene rings is 2. The number of amides is 1. The third kappa shape index (κ3) is 9.25. The average Bonchev–Trinajstić information content (AvgIpc) is 3.55. The van der Waals surface area contributed by atoms with Gasteiger partial charge in [-0.2, -0.15) is 4.72 Å². The smallest absolute Gasteiger partial charge is 0.325 e. The van der Waals surface area contributed by atoms with E-state index in [-0.39, 0.29) is 60.5 Å². The number of ether oxygens (including phenoxy) is 3. The molecule has 2 aromatic carbocycles. The van der Waals surface area contributed by atoms with Crippen molar-refractivity contribution in [2.24, 2.45) is 0 Å². The lowest BCUT2D eigenvalue weighted by Crippen LogP contribution is -2.44. The number of nitrogens with one attached hydrogen (secondary N) is 2. The number of sulfonamides is 1. The molecule has 12 nitrogen and oxygen atoms in total. The molecule has 0 radical (unpaired) electrons. The summed E-state index contributed by atoms with van der Waals surface area (Å²) in [6, 6.07) is 15.5. The first kappa shape index (κ1) is 34.3. The van der Waals surface area contributed by atoms with Crippen molar-refractivity contribution in [1.82, 2.24) is 14.6 Å². The number of aromatic nitrogens is 1. The molecule has 0 aliphatic heterocycles. The number of fused-ring (bicyclic) bond motifs is 1. The molecule has 1 amide bonds. The molecule has 0 fully saturated rings. The molecule has 0 unspecified atom stereocenters. The van der Waals surface area contributed by atoms with Crippen LogP contribution in [0, 0.1) is 0 Å². The molecule has 0 aliphatic carbocycles. The predicted molar refractivity (Wildman–Crippen MR) is 172 cm³/mol. The van der Waals surface area contributed by atoms with Crippen molar-refractivity contribution in [3.8, 4) is 5.75 Å². The molecule has 14 heteroatoms. The van der Waals surface area contributed by atoms with Gasteiger partial charge in [0.05, 0.1) is 31.3 Å². The largest absolute Gasteiger partial charge is 0.493 e. The normalized spacial score (nSPS) is 12.0. The maximum atomic E-state index is 14.4. The van der Waals surface area contributed by atoms with E-state index in [0.717, 1.165) is 4.88 Å². The Hall–Kier alpha value is -4.53. The molecule has 4 aromatic rings. The number of para-hydroxylation sites is 1. The summed E-state index contributed by atoms with van der Waals surface area (Å²) in [5, 5.41) is 2.30. The van der Waals surface area contributed by atoms with E-state index in [0.29, 0.717) is 17.3 Å². The Kier molecular flexibility index (Phi) is 12.1. The van der Waals surface area contributed by atoms with Crippen molar-refractivity contribution in [3.63, 3.8) is 0 Å². The van der Waals surface area contributed by atoms with E-state index < -0.39 is 34.5 Å². The summed E-state index contributed by atoms with van der Waals surface area (Å²) in [7, 11) is -4.37. The number of carbonyl (C=O) groups is 3. The number of esters is 2. The van der Waals surface area contributed by atoms with E-state index >= 15 is 0 Å². The fraction of sp³-hybridized carbons (Fsp3) is 0.312. The Morgan fingerprint density at radius 1 is 0.957 bits per heavy atom. The monoisotopic (exact) mass is 669 g/mol. The van der Waals surface area contributed by atoms with Gasteiger partial charge in [-0.05, 0) is 67.4 Å². The van der Waals surface area contributed by atoms with Gasteiger partial charge in [-0.25, -0.2) is 8.42 Å². The van der Waals surface area contributed by atoms with Crippen molar-refractivity contribution in [2.45, 2.75) is 44.2 Å². The summed E-state index contributed by atoms with van der Waals surface area (Å²) in [5.74, 6) is -1.52. The molecule has 46 heavy (non-hydrogen) atoms. The summed E-state index contributed by atoms with van der Waals surface area (Å²) >= 11 is 1.38. The molecule has 2 heterocycles. The van der Waals surface area contributed by atoms with E-state index in [2.05, 4.69) is 9.71 Å². The van der Waals surface area contributed by atoms with Gasteiger partial charge in [0.1, 0.15) is 18.3 Å². The zero-order valence-corrected chi connectivity index (χ0v) is 27.0. The van der Waals surface area contributed by atoms with Gasteiger partial charge in [-0.1, -0.05) is 24.3 Å². The number of hydrogen-bond acceptors (Lipinski definition) is 10. The first-order valence-electron chi connectivity index (χ1n) is 14.6. The highest BCUT2D eigenvalue weighted by Crippen LogP contribution is 2.30. The van der Waals surface area contributed by atoms with Crippen LogP contribution in [0.3, 0.4) is 0 Å². The minimum absolute atomic E-state index is 0.0272. The fourth-order valence-corrected chi connectivity index (χ4v) is 6.52. The van der Waals surface area contributed by atoms with E-state index in [1.165, 1.54) is 46.6 Å². The summed E-state index contributed by atoms with van der Waals surface area (Å²) in [6.45, 7) is 3.42. The van der Waals surface area contributed by atoms with Crippen LogP contribution < -0.4 is 15.0 Å². The van der Waals surface area contributed by atoms with Crippen LogP contribution in [0.1, 0.15) is 43.2 Å². The van der Waals surface area contributed by atoms with Gasteiger partial charge in [-0.3, -0.25) is 19.2 Å². The molecular formula is C32H35N3O9S2. The van der Waals surface area contributed by atoms with Crippen LogP contribution >= 0.6 is 11.3 Å². The van der Waals surface area contributed by atoms with Crippen LogP contribution in [-0.4, -0.2) is 62.5 Å². The molecule has 0 bridgehead atoms. The quantitative estimate of drug-likeness (QED) is 0.133. The van der Waals surface area contributed by atoms with E-state index in [1.54, 1.807) is 50.2 Å². The van der Waals surface area contributed by atoms with Crippen LogP contribution in [0.2, 0.25) is 0 Å². The third-order valence-corrected chi connectivity index (χ3v) is 8.99. The van der Waals surface area contributed by atoms with Gasteiger partial charge in [0.2, 0.25) is 21.5 Å². The Morgan fingerprint density at radius 3 is 2.46 bits per heavy atom. The average molecular weight is 670 g/mol. The molecule has 244 valence electrons. The Labute approximate surface area is 270 Å². The minimum atomic E-state index is -4.37. The summed E-state index contributed by atoms with van der Waals surface area (Å²) in [4.78, 5) is 55.0. The number of thiophene rings is 1. The number of rotatable bonds is 16. The van der Waals surface area contributed by atoms with Gasteiger partial charge in [0.25, 0.3) is 0 Å². The molecule has 2 N–H and O–H groups in total. The number of carbonyl (C=O) groups excluding carboxylic acids is 3. The highest BCUT2D eigenvalue weighted by Gasteiger charge is 2.34. The summed E-state index contributed by atoms with van der Waals surface area (Å²) in [6.07, 6.45) is 0.441. The number of pyridine rings is 1. The van der Waals surface area contributed by atoms with Crippen molar-refractivity contribution in [1.29, 1.82) is 0 Å². The molecule has 1 atom stereocenters. The van der Waals surface area contributed by atoms with Crippen LogP contribution in [0.5, 0.6) is 5.75 Å². The highest BCUT2D eigenvalue weighted by molar-refractivity contribution is 7.89. The van der Waals surface area contributed by atoms with Gasteiger partial charge in [0.15, 0.2) is 0 Å². The minimum Gasteiger partial charge on any atom is -0.493 e. The second kappa shape index (κ2) is 16.2. The van der Waals surface area contributed by atoms with Gasteiger partial charge < -0.3 is 24.1 Å². The van der Waals surface area contributed by atoms with Gasteiger partial charge in [0, 0.05) is 28.4 Å². The molecule has 0 aliphatic rings. The highest BCUT2D eigenvalue weighted by atomic mass is 32.2. The molecule has 0 saturated carbocycles. The number of H-pyrrole nitrogens is 1. The first-order valence-corrected chi connectivity index (χ1v) is 17.0. The molecule has 4 rings (SSSR count). The molecule has 2 aromatic heterocycles. The Balaban J connectivity index is 1.71. The maximum Gasteiger partial charge on any atom is 0.325 e. The first-order chi connectivity index (χ1) is 22.1. The predicted octanol–water partition coefficient (Wildman–Crippen LogP) is 3.92. The van der Waals surface area contributed by atoms with Crippen LogP contribution in [0.15, 0.2) is 81.8 Å². The van der Waals surface area contributed by atoms with Crippen molar-refractivity contribution in [3.05, 3.63) is 92.9 Å². The van der Waals surface area contributed by atoms with Crippen LogP contribution in [0.4, 0.5) is 0 Å². The SMILES string of the molecule is CCOC(=O)CCCOc1ccccc1[C@@H](NS(=O)(=O)c1ccc2[nH]c(=O)ccc2c1)C(=O)N(CC(=O)OCC)Cc1cccs1. The summed E-state index contributed by atoms with van der Waals surface area (Å²) < 4.78 is 46.3. The molecular weight excluding hydrogens is 634 g/mol. The second-order valence-electron chi connectivity index (χ2n) is 10.00. The topological polar surface area (TPSA) is 161 Å². The van der Waals surface area contributed by atoms with Crippen LogP contribution in [0.25, 0.3) is 10.9 Å². The number of hydrogen-bond donors (Lipinski definition) is 2. The number of aromatic amines is 1. The Bertz CT molecular complexity index is 1820. The standard InChI is InChI=1S/C32H35N3O9S2/c1-3-42-29(37)12-7-17-44-27-11-6-5-10-25(27)31(32(39)35(21-30(38)43-4-2)20-23-9-8-18-45-23)34-46(40,41)24-14-15-26-22(19-24)13-16-28(36)33-26/h5-6,8-11,13-16,18-19,31,34H,3-4,7,12,17,20-21H2,1-2H3,(H,33,36)/t31-/m1/s1. The van der Waals surface area contributed by atoms with E-state index in [1.807, 2.05) is 5.38 Å². The zero-order valence-electron chi connectivity index (χ0n) is 25.4. The van der Waals surface area contributed by atoms with Crippen LogP contribution in [-0.2, 0) is 40.4 Å². The molecule has 0 spiro atoms. The van der Waals surface area contributed by atoms with Gasteiger partial charge in [-0.15, -0.1) is 11.3 Å². The fourth-order valence-electron chi connectivity index (χ4n) is 4.60. The van der Waals surface area contributed by atoms with Crippen molar-refractivity contribution >= 4 is 50.1 Å². The third-order valence-electron chi connectivity index (χ3n) is 6.71. The van der Waals surface area contributed by atoms with Crippen molar-refractivity contribution in [2.75, 3.05) is 26.4 Å². The van der Waals surface area contributed by atoms with E-state index in [9.17, 15) is 27.6 Å². The zero-order chi connectivity index (χ0) is 33.1. The van der Waals surface area contributed by atoms with E-state index in [4.69, 9.17) is 14.2 Å². The lowest BCUT2D eigenvalue weighted by atomic mass is 10.0. The lowest BCUT2D eigenvalue weighted by Gasteiger charge is -2.28. The summed E-state index contributed by atoms with van der Waals surface area (Å²) in [5.41, 5.74) is 0.313. The lowest BCUT2D eigenvalue weighted by molar-refractivity contribution is -0.149.